The third-order valence-corrected chi connectivity index (χ3v) is 4.45. The van der Waals surface area contributed by atoms with Crippen LogP contribution in [0.25, 0.3) is 16.8 Å². The molecule has 0 bridgehead atoms. The van der Waals surface area contributed by atoms with Gasteiger partial charge in [0.2, 0.25) is 0 Å². The lowest BCUT2D eigenvalue weighted by molar-refractivity contribution is -0.140. The van der Waals surface area contributed by atoms with Gasteiger partial charge in [0.25, 0.3) is 0 Å². The standard InChI is InChI=1S/C17H12ClF3N2S/c1-24-16-14(11-7-9-12(18)10-8-11)15(17(19,20)21)22-23(16)13-5-3-2-4-6-13/h2-10H,1H3. The van der Waals surface area contributed by atoms with E-state index in [0.717, 1.165) is 0 Å². The second-order valence-electron chi connectivity index (χ2n) is 4.98. The van der Waals surface area contributed by atoms with Crippen LogP contribution in [-0.2, 0) is 6.18 Å². The third kappa shape index (κ3) is 3.16. The summed E-state index contributed by atoms with van der Waals surface area (Å²) < 4.78 is 42.0. The molecule has 3 aromatic rings. The quantitative estimate of drug-likeness (QED) is 0.533. The number of benzene rings is 2. The highest BCUT2D eigenvalue weighted by Crippen LogP contribution is 2.42. The van der Waals surface area contributed by atoms with Gasteiger partial charge in [-0.15, -0.1) is 11.8 Å². The van der Waals surface area contributed by atoms with Crippen molar-refractivity contribution in [1.82, 2.24) is 9.78 Å². The molecule has 0 unspecified atom stereocenters. The summed E-state index contributed by atoms with van der Waals surface area (Å²) in [6.45, 7) is 0. The third-order valence-electron chi connectivity index (χ3n) is 3.44. The van der Waals surface area contributed by atoms with Crippen LogP contribution in [0.2, 0.25) is 5.02 Å². The van der Waals surface area contributed by atoms with Crippen molar-refractivity contribution in [3.05, 3.63) is 65.3 Å². The van der Waals surface area contributed by atoms with E-state index < -0.39 is 11.9 Å². The second kappa shape index (κ2) is 6.53. The number of alkyl halides is 3. The number of para-hydroxylation sites is 1. The molecule has 0 spiro atoms. The Labute approximate surface area is 146 Å². The molecule has 7 heteroatoms. The van der Waals surface area contributed by atoms with Crippen molar-refractivity contribution in [3.8, 4) is 16.8 Å². The maximum absolute atomic E-state index is 13.5. The predicted molar refractivity (Wildman–Crippen MR) is 90.8 cm³/mol. The van der Waals surface area contributed by atoms with Gasteiger partial charge in [-0.2, -0.15) is 18.3 Å². The minimum atomic E-state index is -4.56. The SMILES string of the molecule is CSc1c(-c2ccc(Cl)cc2)c(C(F)(F)F)nn1-c1ccccc1. The fourth-order valence-corrected chi connectivity index (χ4v) is 3.27. The molecular formula is C17H12ClF3N2S. The predicted octanol–water partition coefficient (Wildman–Crippen LogP) is 5.93. The van der Waals surface area contributed by atoms with Crippen LogP contribution < -0.4 is 0 Å². The summed E-state index contributed by atoms with van der Waals surface area (Å²) in [6, 6.07) is 15.1. The largest absolute Gasteiger partial charge is 0.435 e. The van der Waals surface area contributed by atoms with Gasteiger partial charge in [0.15, 0.2) is 5.69 Å². The molecule has 0 aliphatic rings. The average Bonchev–Trinajstić information content (AvgIpc) is 2.96. The van der Waals surface area contributed by atoms with Gasteiger partial charge in [-0.1, -0.05) is 41.9 Å². The van der Waals surface area contributed by atoms with Crippen molar-refractivity contribution in [2.24, 2.45) is 0 Å². The number of nitrogens with zero attached hydrogens (tertiary/aromatic N) is 2. The first kappa shape index (κ1) is 16.9. The minimum absolute atomic E-state index is 0.0653. The zero-order chi connectivity index (χ0) is 17.3. The molecule has 2 nitrogen and oxygen atoms in total. The zero-order valence-corrected chi connectivity index (χ0v) is 14.1. The smallest absolute Gasteiger partial charge is 0.226 e. The molecule has 124 valence electrons. The van der Waals surface area contributed by atoms with Gasteiger partial charge in [-0.25, -0.2) is 4.68 Å². The van der Waals surface area contributed by atoms with E-state index >= 15 is 0 Å². The Bertz CT molecular complexity index is 843. The number of hydrogen-bond acceptors (Lipinski definition) is 2. The van der Waals surface area contributed by atoms with Crippen LogP contribution in [0.4, 0.5) is 13.2 Å². The zero-order valence-electron chi connectivity index (χ0n) is 12.5. The van der Waals surface area contributed by atoms with E-state index in [0.29, 0.717) is 21.3 Å². The molecular weight excluding hydrogens is 357 g/mol. The highest BCUT2D eigenvalue weighted by atomic mass is 35.5. The minimum Gasteiger partial charge on any atom is -0.226 e. The molecule has 0 saturated heterocycles. The number of halogens is 4. The molecule has 0 radical (unpaired) electrons. The number of hydrogen-bond donors (Lipinski definition) is 0. The highest BCUT2D eigenvalue weighted by Gasteiger charge is 2.39. The monoisotopic (exact) mass is 368 g/mol. The topological polar surface area (TPSA) is 17.8 Å². The molecule has 1 aromatic heterocycles. The second-order valence-corrected chi connectivity index (χ2v) is 6.22. The molecule has 0 aliphatic carbocycles. The van der Waals surface area contributed by atoms with E-state index in [-0.39, 0.29) is 5.56 Å². The fraction of sp³-hybridized carbons (Fsp3) is 0.118. The highest BCUT2D eigenvalue weighted by molar-refractivity contribution is 7.98. The van der Waals surface area contributed by atoms with Crippen molar-refractivity contribution >= 4 is 23.4 Å². The average molecular weight is 369 g/mol. The number of aromatic nitrogens is 2. The van der Waals surface area contributed by atoms with Gasteiger partial charge in [0, 0.05) is 10.6 Å². The molecule has 0 atom stereocenters. The van der Waals surface area contributed by atoms with Crippen LogP contribution in [-0.4, -0.2) is 16.0 Å². The van der Waals surface area contributed by atoms with Crippen molar-refractivity contribution in [2.45, 2.75) is 11.2 Å². The van der Waals surface area contributed by atoms with Crippen molar-refractivity contribution in [2.75, 3.05) is 6.26 Å². The Hall–Kier alpha value is -1.92. The van der Waals surface area contributed by atoms with E-state index in [2.05, 4.69) is 5.10 Å². The van der Waals surface area contributed by atoms with Gasteiger partial charge in [0.1, 0.15) is 5.03 Å². The van der Waals surface area contributed by atoms with Gasteiger partial charge in [-0.3, -0.25) is 0 Å². The molecule has 0 fully saturated rings. The normalized spacial score (nSPS) is 11.7. The summed E-state index contributed by atoms with van der Waals surface area (Å²) >= 11 is 7.08. The van der Waals surface area contributed by atoms with E-state index in [1.54, 1.807) is 60.9 Å². The van der Waals surface area contributed by atoms with Crippen molar-refractivity contribution in [3.63, 3.8) is 0 Å². The fourth-order valence-electron chi connectivity index (χ4n) is 2.41. The molecule has 1 heterocycles. The summed E-state index contributed by atoms with van der Waals surface area (Å²) in [6.07, 6.45) is -2.82. The summed E-state index contributed by atoms with van der Waals surface area (Å²) in [5.41, 5.74) is 0.166. The van der Waals surface area contributed by atoms with Gasteiger partial charge in [-0.05, 0) is 36.1 Å². The molecule has 2 aromatic carbocycles. The maximum atomic E-state index is 13.5. The molecule has 0 aliphatic heterocycles. The lowest BCUT2D eigenvalue weighted by atomic mass is 10.1. The summed E-state index contributed by atoms with van der Waals surface area (Å²) in [5.74, 6) is 0. The Morgan fingerprint density at radius 1 is 1.00 bits per heavy atom. The van der Waals surface area contributed by atoms with E-state index in [9.17, 15) is 13.2 Å². The van der Waals surface area contributed by atoms with Crippen LogP contribution >= 0.6 is 23.4 Å². The summed E-state index contributed by atoms with van der Waals surface area (Å²) in [7, 11) is 0. The molecule has 0 saturated carbocycles. The van der Waals surface area contributed by atoms with Crippen molar-refractivity contribution in [1.29, 1.82) is 0 Å². The Balaban J connectivity index is 2.30. The van der Waals surface area contributed by atoms with Crippen LogP contribution in [0.15, 0.2) is 59.6 Å². The van der Waals surface area contributed by atoms with Crippen LogP contribution in [0.5, 0.6) is 0 Å². The van der Waals surface area contributed by atoms with Crippen LogP contribution in [0.1, 0.15) is 5.69 Å². The molecule has 24 heavy (non-hydrogen) atoms. The van der Waals surface area contributed by atoms with E-state index in [1.807, 2.05) is 0 Å². The first-order chi connectivity index (χ1) is 11.4. The lowest BCUT2D eigenvalue weighted by Crippen LogP contribution is -2.08. The number of thioether (sulfide) groups is 1. The van der Waals surface area contributed by atoms with Gasteiger partial charge < -0.3 is 0 Å². The van der Waals surface area contributed by atoms with Crippen molar-refractivity contribution < 1.29 is 13.2 Å². The maximum Gasteiger partial charge on any atom is 0.435 e. The van der Waals surface area contributed by atoms with Crippen LogP contribution in [0.3, 0.4) is 0 Å². The Kier molecular flexibility index (Phi) is 4.60. The van der Waals surface area contributed by atoms with E-state index in [4.69, 9.17) is 11.6 Å². The molecule has 3 rings (SSSR count). The summed E-state index contributed by atoms with van der Waals surface area (Å²) in [4.78, 5) is 0. The Morgan fingerprint density at radius 2 is 1.62 bits per heavy atom. The van der Waals surface area contributed by atoms with E-state index in [1.165, 1.54) is 16.4 Å². The number of rotatable bonds is 3. The lowest BCUT2D eigenvalue weighted by Gasteiger charge is -2.08. The summed E-state index contributed by atoms with van der Waals surface area (Å²) in [5, 5.41) is 4.75. The Morgan fingerprint density at radius 3 is 2.17 bits per heavy atom. The van der Waals surface area contributed by atoms with Crippen LogP contribution in [0, 0.1) is 0 Å². The first-order valence-electron chi connectivity index (χ1n) is 6.97. The molecule has 0 amide bonds. The van der Waals surface area contributed by atoms with Gasteiger partial charge in [0.05, 0.1) is 5.69 Å². The van der Waals surface area contributed by atoms with Gasteiger partial charge >= 0.3 is 6.18 Å². The first-order valence-corrected chi connectivity index (χ1v) is 8.57. The molecule has 0 N–H and O–H groups in total.